The lowest BCUT2D eigenvalue weighted by atomic mass is 10.0. The van der Waals surface area contributed by atoms with E-state index < -0.39 is 31.0 Å². The summed E-state index contributed by atoms with van der Waals surface area (Å²) in [5.74, 6) is 0. The first-order valence-electron chi connectivity index (χ1n) is 3.74. The Morgan fingerprint density at radius 2 is 1.38 bits per heavy atom. The van der Waals surface area contributed by atoms with E-state index in [4.69, 9.17) is 30.7 Å². The van der Waals surface area contributed by atoms with Gasteiger partial charge in [-0.3, -0.25) is 0 Å². The Hall–Kier alpha value is -0.280. The van der Waals surface area contributed by atoms with Gasteiger partial charge in [0.05, 0.1) is 12.7 Å². The maximum atomic E-state index is 9.10. The maximum absolute atomic E-state index is 9.10. The van der Waals surface area contributed by atoms with Gasteiger partial charge in [-0.25, -0.2) is 5.48 Å². The molecule has 4 atom stereocenters. The van der Waals surface area contributed by atoms with Gasteiger partial charge in [-0.1, -0.05) is 0 Å². The minimum atomic E-state index is -1.66. The van der Waals surface area contributed by atoms with Crippen LogP contribution in [-0.2, 0) is 0 Å². The van der Waals surface area contributed by atoms with Crippen molar-refractivity contribution in [2.45, 2.75) is 24.4 Å². The summed E-state index contributed by atoms with van der Waals surface area (Å²) < 4.78 is 0. The molecule has 0 aliphatic heterocycles. The number of aliphatic hydroxyl groups is 5. The molecule has 80 valence electrons. The van der Waals surface area contributed by atoms with E-state index in [1.807, 2.05) is 0 Å². The van der Waals surface area contributed by atoms with Crippen molar-refractivity contribution in [2.24, 2.45) is 0 Å². The summed E-state index contributed by atoms with van der Waals surface area (Å²) in [7, 11) is 0. The summed E-state index contributed by atoms with van der Waals surface area (Å²) in [6.07, 6.45) is -6.25. The minimum absolute atomic E-state index is 0.351. The fraction of sp³-hybridized carbons (Fsp3) is 1.00. The van der Waals surface area contributed by atoms with Crippen molar-refractivity contribution in [3.05, 3.63) is 0 Å². The molecule has 0 aromatic rings. The molecule has 0 aromatic heterocycles. The Balaban J connectivity index is 3.99. The van der Waals surface area contributed by atoms with Crippen LogP contribution in [-0.4, -0.2) is 68.3 Å². The fourth-order valence-corrected chi connectivity index (χ4v) is 0.777. The van der Waals surface area contributed by atoms with Crippen molar-refractivity contribution in [3.63, 3.8) is 0 Å². The molecule has 4 unspecified atom stereocenters. The van der Waals surface area contributed by atoms with Gasteiger partial charge >= 0.3 is 0 Å². The molecule has 7 nitrogen and oxygen atoms in total. The lowest BCUT2D eigenvalue weighted by Crippen LogP contribution is -2.48. The number of nitrogens with one attached hydrogen (secondary N) is 1. The van der Waals surface area contributed by atoms with Gasteiger partial charge in [-0.15, -0.1) is 0 Å². The van der Waals surface area contributed by atoms with Gasteiger partial charge in [0.1, 0.15) is 18.3 Å². The monoisotopic (exact) mass is 197 g/mol. The molecular weight excluding hydrogens is 182 g/mol. The molecule has 0 bridgehead atoms. The highest BCUT2D eigenvalue weighted by Crippen LogP contribution is 2.04. The summed E-state index contributed by atoms with van der Waals surface area (Å²) in [6, 6.07) is 0. The number of hydrogen-bond acceptors (Lipinski definition) is 7. The molecule has 7 heteroatoms. The van der Waals surface area contributed by atoms with Crippen molar-refractivity contribution in [1.82, 2.24) is 5.48 Å². The molecule has 0 fully saturated rings. The third kappa shape index (κ3) is 3.96. The predicted molar refractivity (Wildman–Crippen MR) is 40.9 cm³/mol. The van der Waals surface area contributed by atoms with Gasteiger partial charge < -0.3 is 30.7 Å². The van der Waals surface area contributed by atoms with Crippen molar-refractivity contribution in [2.75, 3.05) is 13.2 Å². The van der Waals surface area contributed by atoms with Crippen LogP contribution >= 0.6 is 0 Å². The molecular formula is C6H15NO6. The zero-order valence-electron chi connectivity index (χ0n) is 6.91. The smallest absolute Gasteiger partial charge is 0.111 e. The zero-order valence-corrected chi connectivity index (χ0v) is 6.91. The largest absolute Gasteiger partial charge is 0.394 e. The first kappa shape index (κ1) is 12.7. The Bertz CT molecular complexity index is 134. The third-order valence-corrected chi connectivity index (χ3v) is 1.63. The topological polar surface area (TPSA) is 133 Å². The van der Waals surface area contributed by atoms with E-state index in [1.54, 1.807) is 5.48 Å². The van der Waals surface area contributed by atoms with Gasteiger partial charge in [-0.05, 0) is 0 Å². The number of hydroxylamine groups is 1. The van der Waals surface area contributed by atoms with Crippen LogP contribution in [0.3, 0.4) is 0 Å². The Kier molecular flexibility index (Phi) is 6.08. The van der Waals surface area contributed by atoms with Crippen LogP contribution in [0, 0.1) is 0 Å². The van der Waals surface area contributed by atoms with Gasteiger partial charge in [0, 0.05) is 6.54 Å². The van der Waals surface area contributed by atoms with E-state index >= 15 is 0 Å². The lowest BCUT2D eigenvalue weighted by Gasteiger charge is -2.24. The number of rotatable bonds is 6. The van der Waals surface area contributed by atoms with Crippen LogP contribution in [0.1, 0.15) is 0 Å². The Morgan fingerprint density at radius 3 is 1.77 bits per heavy atom. The average Bonchev–Trinajstić information content (AvgIpc) is 2.14. The van der Waals surface area contributed by atoms with Crippen molar-refractivity contribution < 1.29 is 30.7 Å². The van der Waals surface area contributed by atoms with Crippen LogP contribution < -0.4 is 5.48 Å². The van der Waals surface area contributed by atoms with Gasteiger partial charge in [-0.2, -0.15) is 0 Å². The van der Waals surface area contributed by atoms with E-state index in [9.17, 15) is 0 Å². The lowest BCUT2D eigenvalue weighted by molar-refractivity contribution is -0.118. The maximum Gasteiger partial charge on any atom is 0.111 e. The average molecular weight is 197 g/mol. The Labute approximate surface area is 74.8 Å². The summed E-state index contributed by atoms with van der Waals surface area (Å²) in [5, 5.41) is 52.6. The highest BCUT2D eigenvalue weighted by Gasteiger charge is 2.29. The summed E-state index contributed by atoms with van der Waals surface area (Å²) >= 11 is 0. The van der Waals surface area contributed by atoms with Crippen LogP contribution in [0.5, 0.6) is 0 Å². The van der Waals surface area contributed by atoms with Crippen molar-refractivity contribution in [1.29, 1.82) is 0 Å². The first-order chi connectivity index (χ1) is 6.04. The molecule has 13 heavy (non-hydrogen) atoms. The highest BCUT2D eigenvalue weighted by molar-refractivity contribution is 4.80. The number of aliphatic hydroxyl groups excluding tert-OH is 5. The first-order valence-corrected chi connectivity index (χ1v) is 3.74. The molecule has 0 amide bonds. The minimum Gasteiger partial charge on any atom is -0.394 e. The highest BCUT2D eigenvalue weighted by atomic mass is 16.5. The third-order valence-electron chi connectivity index (χ3n) is 1.63. The molecule has 0 saturated carbocycles. The van der Waals surface area contributed by atoms with E-state index in [0.29, 0.717) is 0 Å². The van der Waals surface area contributed by atoms with Gasteiger partial charge in [0.2, 0.25) is 0 Å². The van der Waals surface area contributed by atoms with Crippen LogP contribution in [0.4, 0.5) is 0 Å². The summed E-state index contributed by atoms with van der Waals surface area (Å²) in [5.41, 5.74) is 1.59. The van der Waals surface area contributed by atoms with Crippen molar-refractivity contribution in [3.8, 4) is 0 Å². The molecule has 0 aliphatic rings. The quantitative estimate of drug-likeness (QED) is 0.219. The molecule has 0 saturated heterocycles. The molecule has 0 rings (SSSR count). The molecule has 0 heterocycles. The van der Waals surface area contributed by atoms with E-state index in [1.165, 1.54) is 0 Å². The SMILES string of the molecule is OCC(O)C(O)C(O)C(O)CNO. The molecule has 7 N–H and O–H groups in total. The summed E-state index contributed by atoms with van der Waals surface area (Å²) in [6.45, 7) is -1.08. The second kappa shape index (κ2) is 6.22. The summed E-state index contributed by atoms with van der Waals surface area (Å²) in [4.78, 5) is 0. The Morgan fingerprint density at radius 1 is 0.923 bits per heavy atom. The molecule has 0 radical (unpaired) electrons. The molecule has 0 aliphatic carbocycles. The van der Waals surface area contributed by atoms with E-state index in [0.717, 1.165) is 0 Å². The molecule has 0 aromatic carbocycles. The van der Waals surface area contributed by atoms with E-state index in [-0.39, 0.29) is 6.54 Å². The molecule has 0 spiro atoms. The van der Waals surface area contributed by atoms with Crippen LogP contribution in [0.15, 0.2) is 0 Å². The normalized spacial score (nSPS) is 20.8. The zero-order chi connectivity index (χ0) is 10.4. The van der Waals surface area contributed by atoms with Crippen LogP contribution in [0.25, 0.3) is 0 Å². The standard InChI is InChI=1S/C6H15NO6/c8-2-4(10)6(12)5(11)3(9)1-7-13/h3-13H,1-2H2. The second-order valence-corrected chi connectivity index (χ2v) is 2.66. The van der Waals surface area contributed by atoms with Gasteiger partial charge in [0.15, 0.2) is 0 Å². The van der Waals surface area contributed by atoms with Gasteiger partial charge in [0.25, 0.3) is 0 Å². The van der Waals surface area contributed by atoms with Crippen molar-refractivity contribution >= 4 is 0 Å². The fourth-order valence-electron chi connectivity index (χ4n) is 0.777. The van der Waals surface area contributed by atoms with E-state index in [2.05, 4.69) is 0 Å². The number of hydrogen-bond donors (Lipinski definition) is 7. The second-order valence-electron chi connectivity index (χ2n) is 2.66. The van der Waals surface area contributed by atoms with Crippen LogP contribution in [0.2, 0.25) is 0 Å². The predicted octanol–water partition coefficient (Wildman–Crippen LogP) is -3.60.